The van der Waals surface area contributed by atoms with Crippen LogP contribution in [0.3, 0.4) is 0 Å². The zero-order valence-corrected chi connectivity index (χ0v) is 16.0. The van der Waals surface area contributed by atoms with Gasteiger partial charge in [0.05, 0.1) is 4.99 Å². The highest BCUT2D eigenvalue weighted by molar-refractivity contribution is 7.80. The molecule has 0 bridgehead atoms. The Morgan fingerprint density at radius 2 is 1.78 bits per heavy atom. The summed E-state index contributed by atoms with van der Waals surface area (Å²) in [5.41, 5.74) is -0.498. The van der Waals surface area contributed by atoms with Crippen LogP contribution >= 0.6 is 12.2 Å². The lowest BCUT2D eigenvalue weighted by molar-refractivity contribution is -0.155. The number of rotatable bonds is 6. The van der Waals surface area contributed by atoms with Crippen molar-refractivity contribution in [3.8, 4) is 0 Å². The van der Waals surface area contributed by atoms with E-state index in [0.717, 1.165) is 17.8 Å². The van der Waals surface area contributed by atoms with Crippen molar-refractivity contribution in [1.82, 2.24) is 4.90 Å². The van der Waals surface area contributed by atoms with E-state index in [9.17, 15) is 9.59 Å². The number of esters is 1. The second-order valence-corrected chi connectivity index (χ2v) is 8.07. The van der Waals surface area contributed by atoms with Gasteiger partial charge in [-0.15, -0.1) is 0 Å². The molecule has 5 heteroatoms. The molecule has 0 N–H and O–H groups in total. The van der Waals surface area contributed by atoms with E-state index in [1.807, 2.05) is 32.6 Å². The molecule has 0 amide bonds. The summed E-state index contributed by atoms with van der Waals surface area (Å²) in [6.07, 6.45) is 6.10. The maximum Gasteiger partial charge on any atom is 0.326 e. The Hall–Kier alpha value is -0.970. The third-order valence-corrected chi connectivity index (χ3v) is 4.67. The van der Waals surface area contributed by atoms with Gasteiger partial charge in [0.15, 0.2) is 0 Å². The summed E-state index contributed by atoms with van der Waals surface area (Å²) in [4.78, 5) is 26.4. The predicted octanol–water partition coefficient (Wildman–Crippen LogP) is 3.91. The molecule has 0 heterocycles. The molecule has 23 heavy (non-hydrogen) atoms. The van der Waals surface area contributed by atoms with Crippen molar-refractivity contribution in [2.45, 2.75) is 84.8 Å². The van der Waals surface area contributed by atoms with Crippen molar-refractivity contribution in [3.63, 3.8) is 0 Å². The van der Waals surface area contributed by atoms with E-state index in [4.69, 9.17) is 17.0 Å². The monoisotopic (exact) mass is 341 g/mol. The highest BCUT2D eigenvalue weighted by atomic mass is 32.1. The lowest BCUT2D eigenvalue weighted by atomic mass is 9.93. The van der Waals surface area contributed by atoms with Gasteiger partial charge in [-0.1, -0.05) is 38.4 Å². The number of thiocarbonyl (C=S) groups is 1. The lowest BCUT2D eigenvalue weighted by Crippen LogP contribution is -2.47. The van der Waals surface area contributed by atoms with Crippen LogP contribution in [0.1, 0.15) is 73.1 Å². The summed E-state index contributed by atoms with van der Waals surface area (Å²) in [7, 11) is 0. The number of hydrogen-bond donors (Lipinski definition) is 0. The average Bonchev–Trinajstić information content (AvgIpc) is 2.42. The average molecular weight is 342 g/mol. The molecule has 0 saturated heterocycles. The molecule has 1 atom stereocenters. The van der Waals surface area contributed by atoms with Gasteiger partial charge in [0.1, 0.15) is 17.9 Å². The molecule has 4 nitrogen and oxygen atoms in total. The fourth-order valence-electron chi connectivity index (χ4n) is 3.09. The SMILES string of the molecule is CC(=O)CC(C)C(=S)N(CC(=O)OC(C)(C)C)C1CCCCC1. The molecule has 0 aromatic rings. The van der Waals surface area contributed by atoms with E-state index in [0.29, 0.717) is 6.42 Å². The van der Waals surface area contributed by atoms with Crippen molar-refractivity contribution in [1.29, 1.82) is 0 Å². The first-order chi connectivity index (χ1) is 10.6. The van der Waals surface area contributed by atoms with Crippen molar-refractivity contribution in [3.05, 3.63) is 0 Å². The van der Waals surface area contributed by atoms with Crippen molar-refractivity contribution in [2.75, 3.05) is 6.54 Å². The van der Waals surface area contributed by atoms with Gasteiger partial charge in [-0.05, 0) is 40.5 Å². The van der Waals surface area contributed by atoms with Crippen LogP contribution in [0.2, 0.25) is 0 Å². The number of Topliss-reactive ketones (excluding diaryl/α,β-unsaturated/α-hetero) is 1. The van der Waals surface area contributed by atoms with E-state index in [1.165, 1.54) is 19.3 Å². The highest BCUT2D eigenvalue weighted by Gasteiger charge is 2.29. The standard InChI is InChI=1S/C18H31NO3S/c1-13(11-14(2)20)17(23)19(15-9-7-6-8-10-15)12-16(21)22-18(3,4)5/h13,15H,6-12H2,1-5H3. The van der Waals surface area contributed by atoms with Gasteiger partial charge < -0.3 is 14.4 Å². The Balaban J connectivity index is 2.81. The van der Waals surface area contributed by atoms with E-state index in [1.54, 1.807) is 6.92 Å². The number of carbonyl (C=O) groups is 2. The Labute approximate surface area is 145 Å². The van der Waals surface area contributed by atoms with E-state index in [-0.39, 0.29) is 30.3 Å². The molecule has 1 aliphatic rings. The van der Waals surface area contributed by atoms with Gasteiger partial charge in [0, 0.05) is 18.4 Å². The normalized spacial score (nSPS) is 17.4. The highest BCUT2D eigenvalue weighted by Crippen LogP contribution is 2.25. The van der Waals surface area contributed by atoms with Gasteiger partial charge in [0.25, 0.3) is 0 Å². The molecule has 0 spiro atoms. The first-order valence-corrected chi connectivity index (χ1v) is 9.02. The fourth-order valence-corrected chi connectivity index (χ4v) is 3.39. The van der Waals surface area contributed by atoms with Crippen LogP contribution < -0.4 is 0 Å². The molecular weight excluding hydrogens is 310 g/mol. The molecule has 0 radical (unpaired) electrons. The van der Waals surface area contributed by atoms with Crippen LogP contribution in [0.15, 0.2) is 0 Å². The van der Waals surface area contributed by atoms with Gasteiger partial charge in [-0.2, -0.15) is 0 Å². The molecule has 132 valence electrons. The summed E-state index contributed by atoms with van der Waals surface area (Å²) >= 11 is 5.62. The van der Waals surface area contributed by atoms with Crippen LogP contribution in [0, 0.1) is 5.92 Å². The molecule has 0 aliphatic heterocycles. The quantitative estimate of drug-likeness (QED) is 0.541. The van der Waals surface area contributed by atoms with Crippen LogP contribution in [0.5, 0.6) is 0 Å². The molecule has 1 unspecified atom stereocenters. The second-order valence-electron chi connectivity index (χ2n) is 7.65. The molecule has 0 aromatic carbocycles. The lowest BCUT2D eigenvalue weighted by Gasteiger charge is -2.37. The number of ether oxygens (including phenoxy) is 1. The van der Waals surface area contributed by atoms with Crippen molar-refractivity contribution >= 4 is 29.0 Å². The Morgan fingerprint density at radius 3 is 2.26 bits per heavy atom. The number of ketones is 1. The number of hydrogen-bond acceptors (Lipinski definition) is 4. The smallest absolute Gasteiger partial charge is 0.326 e. The number of carbonyl (C=O) groups excluding carboxylic acids is 2. The first-order valence-electron chi connectivity index (χ1n) is 8.62. The van der Waals surface area contributed by atoms with Crippen molar-refractivity contribution < 1.29 is 14.3 Å². The van der Waals surface area contributed by atoms with Gasteiger partial charge in [-0.3, -0.25) is 4.79 Å². The molecular formula is C18H31NO3S. The maximum absolute atomic E-state index is 12.3. The van der Waals surface area contributed by atoms with Crippen LogP contribution in [-0.2, 0) is 14.3 Å². The Kier molecular flexibility index (Phi) is 7.65. The molecule has 0 aromatic heterocycles. The van der Waals surface area contributed by atoms with Crippen molar-refractivity contribution in [2.24, 2.45) is 5.92 Å². The maximum atomic E-state index is 12.3. The van der Waals surface area contributed by atoms with Crippen LogP contribution in [0.25, 0.3) is 0 Å². The predicted molar refractivity (Wildman–Crippen MR) is 96.5 cm³/mol. The summed E-state index contributed by atoms with van der Waals surface area (Å²) in [6, 6.07) is 0.290. The minimum Gasteiger partial charge on any atom is -0.459 e. The topological polar surface area (TPSA) is 46.6 Å². The minimum absolute atomic E-state index is 0.0214. The summed E-state index contributed by atoms with van der Waals surface area (Å²) in [5, 5.41) is 0. The van der Waals surface area contributed by atoms with E-state index in [2.05, 4.69) is 0 Å². The van der Waals surface area contributed by atoms with Gasteiger partial charge in [-0.25, -0.2) is 0 Å². The zero-order chi connectivity index (χ0) is 17.6. The van der Waals surface area contributed by atoms with E-state index < -0.39 is 5.60 Å². The molecule has 1 saturated carbocycles. The Morgan fingerprint density at radius 1 is 1.22 bits per heavy atom. The van der Waals surface area contributed by atoms with E-state index >= 15 is 0 Å². The summed E-state index contributed by atoms with van der Waals surface area (Å²) < 4.78 is 5.46. The zero-order valence-electron chi connectivity index (χ0n) is 15.2. The summed E-state index contributed by atoms with van der Waals surface area (Å²) in [5.74, 6) is -0.145. The number of nitrogens with zero attached hydrogens (tertiary/aromatic N) is 1. The third-order valence-electron chi connectivity index (χ3n) is 4.03. The van der Waals surface area contributed by atoms with Crippen LogP contribution in [-0.4, -0.2) is 39.8 Å². The van der Waals surface area contributed by atoms with Crippen LogP contribution in [0.4, 0.5) is 0 Å². The Bertz CT molecular complexity index is 436. The second kappa shape index (κ2) is 8.76. The molecule has 1 rings (SSSR count). The molecule has 1 aliphatic carbocycles. The fraction of sp³-hybridized carbons (Fsp3) is 0.833. The summed E-state index contributed by atoms with van der Waals surface area (Å²) in [6.45, 7) is 9.33. The van der Waals surface area contributed by atoms with Gasteiger partial charge in [0.2, 0.25) is 0 Å². The minimum atomic E-state index is -0.498. The third kappa shape index (κ3) is 7.42. The largest absolute Gasteiger partial charge is 0.459 e. The van der Waals surface area contributed by atoms with Gasteiger partial charge >= 0.3 is 5.97 Å². The molecule has 1 fully saturated rings. The first kappa shape index (κ1) is 20.1.